The van der Waals surface area contributed by atoms with E-state index < -0.39 is 93.2 Å². The molecule has 2 heterocycles. The maximum Gasteiger partial charge on any atom is 0.433 e. The number of hydrogen-bond donors (Lipinski definition) is 2. The highest BCUT2D eigenvalue weighted by Gasteiger charge is 2.55. The predicted octanol–water partition coefficient (Wildman–Crippen LogP) is 6.06. The summed E-state index contributed by atoms with van der Waals surface area (Å²) in [4.78, 5) is 34.4. The number of nitrogens with one attached hydrogen (secondary N) is 1. The lowest BCUT2D eigenvalue weighted by Gasteiger charge is -2.54. The highest BCUT2D eigenvalue weighted by atomic mass is 19.4. The van der Waals surface area contributed by atoms with Crippen LogP contribution in [0, 0.1) is 11.6 Å². The first-order valence-corrected chi connectivity index (χ1v) is 15.6. The van der Waals surface area contributed by atoms with Gasteiger partial charge in [0, 0.05) is 25.3 Å². The van der Waals surface area contributed by atoms with Gasteiger partial charge in [-0.15, -0.1) is 0 Å². The summed E-state index contributed by atoms with van der Waals surface area (Å²) in [6.07, 6.45) is -8.48. The number of anilines is 1. The van der Waals surface area contributed by atoms with Crippen molar-refractivity contribution in [3.8, 4) is 17.0 Å². The van der Waals surface area contributed by atoms with Crippen molar-refractivity contribution in [2.75, 3.05) is 45.9 Å². The Hall–Kier alpha value is -4.88. The Labute approximate surface area is 290 Å². The molecule has 0 atom stereocenters. The molecule has 3 aromatic rings. The molecule has 0 saturated heterocycles. The number of hydrogen-bond acceptors (Lipinski definition) is 9. The quantitative estimate of drug-likeness (QED) is 0.129. The van der Waals surface area contributed by atoms with Crippen LogP contribution in [-0.2, 0) is 38.0 Å². The Bertz CT molecular complexity index is 1870. The molecule has 1 saturated carbocycles. The lowest BCUT2D eigenvalue weighted by Crippen LogP contribution is -2.65. The molecule has 1 aromatic heterocycles. The van der Waals surface area contributed by atoms with Gasteiger partial charge in [-0.1, -0.05) is 6.07 Å². The number of benzene rings is 2. The minimum atomic E-state index is -4.99. The van der Waals surface area contributed by atoms with Gasteiger partial charge < -0.3 is 24.6 Å². The van der Waals surface area contributed by atoms with Crippen molar-refractivity contribution in [1.29, 1.82) is 0 Å². The lowest BCUT2D eigenvalue weighted by molar-refractivity contribution is -0.172. The Balaban J connectivity index is 1.45. The molecule has 1 aliphatic carbocycles. The summed E-state index contributed by atoms with van der Waals surface area (Å²) in [6.45, 7) is -0.0984. The maximum atomic E-state index is 15.3. The number of carbonyl (C=O) groups excluding carboxylic acids is 2. The molecule has 0 radical (unpaired) electrons. The molecule has 5 rings (SSSR count). The van der Waals surface area contributed by atoms with Crippen LogP contribution in [0.5, 0.6) is 5.75 Å². The number of methoxy groups -OCH3 is 1. The largest absolute Gasteiger partial charge is 0.509 e. The number of aliphatic hydroxyl groups excluding tert-OH is 1. The lowest BCUT2D eigenvalue weighted by atomic mass is 9.72. The number of rotatable bonds is 12. The van der Waals surface area contributed by atoms with Gasteiger partial charge in [-0.2, -0.15) is 30.7 Å². The SMILES string of the molecule is COCCOCCOc1ccc(CN2C(=O)C(C(=O)Nc3ccc(C(F)(F)F)cc3-c3cc(C(F)(F)F)ncn3)=C(O)C3(CCC3)N2C)c(F)c1F. The highest BCUT2D eigenvalue weighted by Crippen LogP contribution is 2.47. The third-order valence-corrected chi connectivity index (χ3v) is 8.71. The molecule has 11 nitrogen and oxygen atoms in total. The van der Waals surface area contributed by atoms with Gasteiger partial charge in [-0.3, -0.25) is 14.6 Å². The predicted molar refractivity (Wildman–Crippen MR) is 165 cm³/mol. The van der Waals surface area contributed by atoms with Crippen LogP contribution in [0.4, 0.5) is 40.8 Å². The van der Waals surface area contributed by atoms with Crippen molar-refractivity contribution in [2.24, 2.45) is 0 Å². The monoisotopic (exact) mass is 745 g/mol. The molecule has 280 valence electrons. The third kappa shape index (κ3) is 7.65. The van der Waals surface area contributed by atoms with E-state index in [4.69, 9.17) is 14.2 Å². The number of hydrazine groups is 1. The topological polar surface area (TPSA) is 126 Å². The van der Waals surface area contributed by atoms with E-state index in [0.717, 1.165) is 23.2 Å². The second-order valence-electron chi connectivity index (χ2n) is 11.8. The summed E-state index contributed by atoms with van der Waals surface area (Å²) in [5.74, 6) is -6.34. The van der Waals surface area contributed by atoms with E-state index in [9.17, 15) is 41.0 Å². The fourth-order valence-corrected chi connectivity index (χ4v) is 5.75. The van der Waals surface area contributed by atoms with E-state index in [1.165, 1.54) is 19.2 Å². The van der Waals surface area contributed by atoms with Crippen molar-refractivity contribution >= 4 is 17.5 Å². The minimum Gasteiger partial charge on any atom is -0.509 e. The standard InChI is InChI=1S/C33H31F8N5O6/c1-45-31(8-3-9-31)28(47)25(30(49)46(45)16-18-4-7-23(27(35)26(18)34)52-13-12-51-11-10-50-2)29(48)44-21-6-5-19(32(36,37)38)14-20(21)22-15-24(33(39,40)41)43-17-42-22/h4-7,14-15,17,47H,3,8-13,16H2,1-2H3,(H,44,48). The van der Waals surface area contributed by atoms with Gasteiger partial charge in [0.2, 0.25) is 5.82 Å². The number of aromatic nitrogens is 2. The van der Waals surface area contributed by atoms with Gasteiger partial charge in [-0.05, 0) is 49.6 Å². The Kier molecular flexibility index (Phi) is 11.1. The number of amides is 2. The van der Waals surface area contributed by atoms with Crippen LogP contribution in [0.25, 0.3) is 11.3 Å². The summed E-state index contributed by atoms with van der Waals surface area (Å²) < 4.78 is 127. The van der Waals surface area contributed by atoms with Crippen molar-refractivity contribution in [2.45, 2.75) is 43.7 Å². The van der Waals surface area contributed by atoms with Crippen LogP contribution < -0.4 is 10.1 Å². The first kappa shape index (κ1) is 38.4. The first-order chi connectivity index (χ1) is 24.5. The van der Waals surface area contributed by atoms with Crippen molar-refractivity contribution in [3.05, 3.63) is 82.5 Å². The zero-order valence-corrected chi connectivity index (χ0v) is 27.5. The van der Waals surface area contributed by atoms with Crippen molar-refractivity contribution < 1.29 is 64.0 Å². The summed E-state index contributed by atoms with van der Waals surface area (Å²) in [7, 11) is 2.88. The van der Waals surface area contributed by atoms with Crippen molar-refractivity contribution in [1.82, 2.24) is 20.0 Å². The maximum absolute atomic E-state index is 15.3. The van der Waals surface area contributed by atoms with Crippen LogP contribution in [0.2, 0.25) is 0 Å². The first-order valence-electron chi connectivity index (χ1n) is 15.6. The van der Waals surface area contributed by atoms with E-state index >= 15 is 8.78 Å². The summed E-state index contributed by atoms with van der Waals surface area (Å²) in [6, 6.07) is 4.45. The summed E-state index contributed by atoms with van der Waals surface area (Å²) in [5, 5.41) is 15.8. The van der Waals surface area contributed by atoms with Gasteiger partial charge in [-0.25, -0.2) is 19.4 Å². The molecule has 1 aliphatic heterocycles. The number of aliphatic hydroxyl groups is 1. The zero-order valence-electron chi connectivity index (χ0n) is 27.5. The number of likely N-dealkylation sites (N-methyl/N-ethyl adjacent to an activating group) is 1. The van der Waals surface area contributed by atoms with Crippen molar-refractivity contribution in [3.63, 3.8) is 0 Å². The molecule has 2 amide bonds. The molecule has 52 heavy (non-hydrogen) atoms. The van der Waals surface area contributed by atoms with E-state index in [1.54, 1.807) is 0 Å². The number of halogens is 8. The molecule has 19 heteroatoms. The number of nitrogens with zero attached hydrogens (tertiary/aromatic N) is 4. The van der Waals surface area contributed by atoms with Crippen LogP contribution in [0.3, 0.4) is 0 Å². The van der Waals surface area contributed by atoms with E-state index in [0.29, 0.717) is 37.6 Å². The zero-order chi connectivity index (χ0) is 38.0. The van der Waals surface area contributed by atoms with Gasteiger partial charge in [0.1, 0.15) is 30.0 Å². The molecular formula is C33H31F8N5O6. The minimum absolute atomic E-state index is 0.0592. The van der Waals surface area contributed by atoms with Crippen LogP contribution >= 0.6 is 0 Å². The Morgan fingerprint density at radius 1 is 0.962 bits per heavy atom. The average molecular weight is 746 g/mol. The third-order valence-electron chi connectivity index (χ3n) is 8.71. The normalized spacial score (nSPS) is 16.3. The number of ether oxygens (including phenoxy) is 3. The molecule has 1 spiro atoms. The highest BCUT2D eigenvalue weighted by molar-refractivity contribution is 6.24. The van der Waals surface area contributed by atoms with Crippen LogP contribution in [-0.4, -0.2) is 83.0 Å². The fraction of sp³-hybridized carbons (Fsp3) is 0.394. The fourth-order valence-electron chi connectivity index (χ4n) is 5.75. The van der Waals surface area contributed by atoms with Gasteiger partial charge in [0.05, 0.1) is 48.8 Å². The smallest absolute Gasteiger partial charge is 0.433 e. The Morgan fingerprint density at radius 3 is 2.31 bits per heavy atom. The van der Waals surface area contributed by atoms with E-state index in [2.05, 4.69) is 15.3 Å². The molecule has 1 fully saturated rings. The van der Waals surface area contributed by atoms with E-state index in [1.807, 2.05) is 0 Å². The molecule has 2 N–H and O–H groups in total. The average Bonchev–Trinajstić information content (AvgIpc) is 3.06. The Morgan fingerprint density at radius 2 is 1.67 bits per heavy atom. The summed E-state index contributed by atoms with van der Waals surface area (Å²) >= 11 is 0. The molecular weight excluding hydrogens is 714 g/mol. The second-order valence-corrected chi connectivity index (χ2v) is 11.8. The molecule has 2 aromatic carbocycles. The van der Waals surface area contributed by atoms with Gasteiger partial charge in [0.15, 0.2) is 11.6 Å². The van der Waals surface area contributed by atoms with Crippen LogP contribution in [0.15, 0.2) is 54.1 Å². The van der Waals surface area contributed by atoms with Crippen LogP contribution in [0.1, 0.15) is 36.1 Å². The summed E-state index contributed by atoms with van der Waals surface area (Å²) in [5.41, 5.74) is -7.02. The molecule has 0 unspecified atom stereocenters. The molecule has 0 bridgehead atoms. The second kappa shape index (κ2) is 15.0. The van der Waals surface area contributed by atoms with E-state index in [-0.39, 0.29) is 38.2 Å². The molecule has 2 aliphatic rings. The number of carbonyl (C=O) groups is 2. The van der Waals surface area contributed by atoms with Gasteiger partial charge in [0.25, 0.3) is 11.8 Å². The number of alkyl halides is 6. The van der Waals surface area contributed by atoms with Gasteiger partial charge >= 0.3 is 12.4 Å².